The largest absolute Gasteiger partial charge is 0.378 e. The second-order valence-electron chi connectivity index (χ2n) is 6.49. The van der Waals surface area contributed by atoms with Crippen LogP contribution in [0.4, 0.5) is 10.5 Å². The number of carbonyl (C=O) groups excluding carboxylic acids is 1. The van der Waals surface area contributed by atoms with Gasteiger partial charge in [0.25, 0.3) is 0 Å². The Balaban J connectivity index is 1.56. The molecule has 132 valence electrons. The van der Waals surface area contributed by atoms with Crippen molar-refractivity contribution in [1.29, 1.82) is 0 Å². The lowest BCUT2D eigenvalue weighted by Gasteiger charge is -2.32. The number of nitrogens with zero attached hydrogens (tertiary/aromatic N) is 2. The number of urea groups is 1. The Morgan fingerprint density at radius 1 is 1.17 bits per heavy atom. The molecule has 0 bridgehead atoms. The molecule has 0 aromatic heterocycles. The van der Waals surface area contributed by atoms with Gasteiger partial charge in [-0.1, -0.05) is 12.1 Å². The van der Waals surface area contributed by atoms with E-state index in [9.17, 15) is 4.79 Å². The van der Waals surface area contributed by atoms with Crippen LogP contribution in [-0.4, -0.2) is 63.0 Å². The van der Waals surface area contributed by atoms with Crippen LogP contribution in [0.2, 0.25) is 0 Å². The first-order chi connectivity index (χ1) is 11.6. The highest BCUT2D eigenvalue weighted by atomic mass is 16.5. The fraction of sp³-hybridized carbons (Fsp3) is 0.611. The van der Waals surface area contributed by atoms with Crippen molar-refractivity contribution in [2.45, 2.75) is 26.0 Å². The highest BCUT2D eigenvalue weighted by Crippen LogP contribution is 2.20. The Bertz CT molecular complexity index is 543. The molecule has 2 saturated heterocycles. The Labute approximate surface area is 143 Å². The lowest BCUT2D eigenvalue weighted by Crippen LogP contribution is -2.49. The Hall–Kier alpha value is -1.79. The topological polar surface area (TPSA) is 54.0 Å². The summed E-state index contributed by atoms with van der Waals surface area (Å²) in [6.45, 7) is 9.35. The predicted molar refractivity (Wildman–Crippen MR) is 93.4 cm³/mol. The maximum Gasteiger partial charge on any atom is 0.318 e. The molecule has 0 spiro atoms. The Morgan fingerprint density at radius 3 is 2.54 bits per heavy atom. The molecule has 0 unspecified atom stereocenters. The summed E-state index contributed by atoms with van der Waals surface area (Å²) >= 11 is 0. The van der Waals surface area contributed by atoms with E-state index in [0.717, 1.165) is 31.9 Å². The molecule has 0 saturated carbocycles. The van der Waals surface area contributed by atoms with Crippen molar-refractivity contribution in [1.82, 2.24) is 10.2 Å². The van der Waals surface area contributed by atoms with Gasteiger partial charge >= 0.3 is 6.03 Å². The molecule has 1 aromatic rings. The summed E-state index contributed by atoms with van der Waals surface area (Å²) in [5.74, 6) is 0. The molecule has 2 aliphatic rings. The minimum atomic E-state index is -0.0191. The Morgan fingerprint density at radius 2 is 1.88 bits per heavy atom. The average Bonchev–Trinajstić information content (AvgIpc) is 2.62. The summed E-state index contributed by atoms with van der Waals surface area (Å²) in [5.41, 5.74) is 2.32. The van der Waals surface area contributed by atoms with E-state index in [2.05, 4.69) is 34.5 Å². The van der Waals surface area contributed by atoms with E-state index in [1.165, 1.54) is 5.69 Å². The average molecular weight is 333 g/mol. The molecule has 1 aromatic carbocycles. The molecule has 0 radical (unpaired) electrons. The van der Waals surface area contributed by atoms with Crippen LogP contribution in [0.3, 0.4) is 0 Å². The van der Waals surface area contributed by atoms with Crippen molar-refractivity contribution in [2.75, 3.05) is 50.9 Å². The molecule has 1 N–H and O–H groups in total. The van der Waals surface area contributed by atoms with E-state index in [0.29, 0.717) is 19.7 Å². The van der Waals surface area contributed by atoms with E-state index in [-0.39, 0.29) is 18.2 Å². The van der Waals surface area contributed by atoms with Crippen molar-refractivity contribution in [3.63, 3.8) is 0 Å². The van der Waals surface area contributed by atoms with Gasteiger partial charge in [-0.3, -0.25) is 0 Å². The summed E-state index contributed by atoms with van der Waals surface area (Å²) < 4.78 is 10.9. The fourth-order valence-electron chi connectivity index (χ4n) is 3.16. The molecular formula is C18H27N3O3. The zero-order valence-corrected chi connectivity index (χ0v) is 14.5. The van der Waals surface area contributed by atoms with Crippen LogP contribution in [0.5, 0.6) is 0 Å². The number of hydrogen-bond acceptors (Lipinski definition) is 4. The molecule has 24 heavy (non-hydrogen) atoms. The van der Waals surface area contributed by atoms with Crippen LogP contribution in [-0.2, 0) is 9.47 Å². The van der Waals surface area contributed by atoms with Gasteiger partial charge in [-0.2, -0.15) is 0 Å². The molecule has 6 heteroatoms. The standard InChI is InChI=1S/C18H27N3O3/c1-14-13-21(9-12-24-14)18(22)19-15(2)16-3-5-17(6-4-16)20-7-10-23-11-8-20/h3-6,14-15H,7-13H2,1-2H3,(H,19,22)/t14-,15-/m1/s1. The number of nitrogens with one attached hydrogen (secondary N) is 1. The van der Waals surface area contributed by atoms with Crippen LogP contribution >= 0.6 is 0 Å². The second kappa shape index (κ2) is 7.85. The van der Waals surface area contributed by atoms with Crippen molar-refractivity contribution in [2.24, 2.45) is 0 Å². The number of morpholine rings is 2. The minimum absolute atomic E-state index is 0.0186. The molecule has 2 heterocycles. The van der Waals surface area contributed by atoms with E-state index in [4.69, 9.17) is 9.47 Å². The molecule has 2 fully saturated rings. The number of ether oxygens (including phenoxy) is 2. The van der Waals surface area contributed by atoms with Crippen molar-refractivity contribution in [3.8, 4) is 0 Å². The number of carbonyl (C=O) groups is 1. The normalized spacial score (nSPS) is 23.0. The van der Waals surface area contributed by atoms with Gasteiger partial charge in [-0.15, -0.1) is 0 Å². The second-order valence-corrected chi connectivity index (χ2v) is 6.49. The SMILES string of the molecule is C[C@@H]1CN(C(=O)N[C@H](C)c2ccc(N3CCOCC3)cc2)CCO1. The van der Waals surface area contributed by atoms with Crippen LogP contribution in [0.25, 0.3) is 0 Å². The van der Waals surface area contributed by atoms with Gasteiger partial charge in [-0.25, -0.2) is 4.79 Å². The first-order valence-electron chi connectivity index (χ1n) is 8.73. The molecule has 3 rings (SSSR count). The molecule has 0 aliphatic carbocycles. The fourth-order valence-corrected chi connectivity index (χ4v) is 3.16. The summed E-state index contributed by atoms with van der Waals surface area (Å²) in [7, 11) is 0. The summed E-state index contributed by atoms with van der Waals surface area (Å²) in [4.78, 5) is 16.5. The van der Waals surface area contributed by atoms with E-state index < -0.39 is 0 Å². The molecule has 2 amide bonds. The van der Waals surface area contributed by atoms with Crippen molar-refractivity contribution < 1.29 is 14.3 Å². The van der Waals surface area contributed by atoms with Crippen molar-refractivity contribution in [3.05, 3.63) is 29.8 Å². The quantitative estimate of drug-likeness (QED) is 0.919. The van der Waals surface area contributed by atoms with Crippen LogP contribution in [0, 0.1) is 0 Å². The third-order valence-electron chi connectivity index (χ3n) is 4.64. The lowest BCUT2D eigenvalue weighted by molar-refractivity contribution is -0.00380. The van der Waals surface area contributed by atoms with Crippen LogP contribution < -0.4 is 10.2 Å². The zero-order chi connectivity index (χ0) is 16.9. The highest BCUT2D eigenvalue weighted by Gasteiger charge is 2.22. The van der Waals surface area contributed by atoms with Gasteiger partial charge < -0.3 is 24.6 Å². The number of anilines is 1. The molecular weight excluding hydrogens is 306 g/mol. The van der Waals surface area contributed by atoms with E-state index in [1.807, 2.05) is 18.7 Å². The molecule has 6 nitrogen and oxygen atoms in total. The third-order valence-corrected chi connectivity index (χ3v) is 4.64. The predicted octanol–water partition coefficient (Wildman–Crippen LogP) is 2.01. The zero-order valence-electron chi connectivity index (χ0n) is 14.5. The monoisotopic (exact) mass is 333 g/mol. The summed E-state index contributed by atoms with van der Waals surface area (Å²) in [5, 5.41) is 3.08. The molecule has 2 atom stereocenters. The van der Waals surface area contributed by atoms with E-state index >= 15 is 0 Å². The van der Waals surface area contributed by atoms with Gasteiger partial charge in [0.15, 0.2) is 0 Å². The van der Waals surface area contributed by atoms with Gasteiger partial charge in [0.05, 0.1) is 32.0 Å². The maximum absolute atomic E-state index is 12.4. The van der Waals surface area contributed by atoms with Gasteiger partial charge in [-0.05, 0) is 31.5 Å². The van der Waals surface area contributed by atoms with Gasteiger partial charge in [0.1, 0.15) is 0 Å². The van der Waals surface area contributed by atoms with E-state index in [1.54, 1.807) is 0 Å². The number of amides is 2. The summed E-state index contributed by atoms with van der Waals surface area (Å²) in [6.07, 6.45) is 0.104. The maximum atomic E-state index is 12.4. The first-order valence-corrected chi connectivity index (χ1v) is 8.73. The number of rotatable bonds is 3. The van der Waals surface area contributed by atoms with Crippen LogP contribution in [0.15, 0.2) is 24.3 Å². The smallest absolute Gasteiger partial charge is 0.318 e. The van der Waals surface area contributed by atoms with Gasteiger partial charge in [0.2, 0.25) is 0 Å². The van der Waals surface area contributed by atoms with Crippen LogP contribution in [0.1, 0.15) is 25.5 Å². The minimum Gasteiger partial charge on any atom is -0.378 e. The highest BCUT2D eigenvalue weighted by molar-refractivity contribution is 5.74. The Kier molecular flexibility index (Phi) is 5.58. The first kappa shape index (κ1) is 17.0. The summed E-state index contributed by atoms with van der Waals surface area (Å²) in [6, 6.07) is 8.40. The lowest BCUT2D eigenvalue weighted by atomic mass is 10.1. The van der Waals surface area contributed by atoms with Gasteiger partial charge in [0, 0.05) is 31.9 Å². The number of hydrogen-bond donors (Lipinski definition) is 1. The van der Waals surface area contributed by atoms with Crippen molar-refractivity contribution >= 4 is 11.7 Å². The molecule has 2 aliphatic heterocycles. The number of benzene rings is 1. The third kappa shape index (κ3) is 4.19.